The van der Waals surface area contributed by atoms with Crippen LogP contribution < -0.4 is 10.4 Å². The fourth-order valence-electron chi connectivity index (χ4n) is 4.90. The van der Waals surface area contributed by atoms with Gasteiger partial charge in [-0.15, -0.1) is 0 Å². The highest BCUT2D eigenvalue weighted by atomic mass is 32.2. The maximum atomic E-state index is 13.8. The summed E-state index contributed by atoms with van der Waals surface area (Å²) >= 11 is 0. The summed E-state index contributed by atoms with van der Waals surface area (Å²) in [6.07, 6.45) is -1.67. The molecule has 4 rings (SSSR count). The van der Waals surface area contributed by atoms with Gasteiger partial charge in [0.25, 0.3) is 6.43 Å². The van der Waals surface area contributed by atoms with Gasteiger partial charge in [0, 0.05) is 18.1 Å². The van der Waals surface area contributed by atoms with E-state index in [1.165, 1.54) is 21.3 Å². The van der Waals surface area contributed by atoms with Crippen LogP contribution in [0.15, 0.2) is 47.3 Å². The molecule has 1 aliphatic rings. The lowest BCUT2D eigenvalue weighted by Crippen LogP contribution is -2.37. The van der Waals surface area contributed by atoms with E-state index >= 15 is 0 Å². The Hall–Kier alpha value is -3.05. The van der Waals surface area contributed by atoms with Crippen molar-refractivity contribution in [3.8, 4) is 11.4 Å². The third-order valence-corrected chi connectivity index (χ3v) is 9.33. The van der Waals surface area contributed by atoms with Crippen molar-refractivity contribution in [3.05, 3.63) is 58.5 Å². The number of nitrogens with zero attached hydrogens (tertiary/aromatic N) is 2. The van der Waals surface area contributed by atoms with Crippen molar-refractivity contribution in [1.82, 2.24) is 9.13 Å². The van der Waals surface area contributed by atoms with Gasteiger partial charge in [-0.2, -0.15) is 0 Å². The smallest absolute Gasteiger partial charge is 0.334 e. The van der Waals surface area contributed by atoms with Crippen LogP contribution in [0.1, 0.15) is 63.4 Å². The maximum Gasteiger partial charge on any atom is 0.334 e. The summed E-state index contributed by atoms with van der Waals surface area (Å²) in [6.45, 7) is 6.00. The SMILES string of the molecule is CC(n1c(=O)n(-c2cccc(OCC(F)F)c2)c2ccc(C(=O)CC3(C)CCS(=O)(=O)CC3)cc21)C(C)(C)O. The van der Waals surface area contributed by atoms with Crippen molar-refractivity contribution in [2.24, 2.45) is 5.41 Å². The molecule has 1 aliphatic heterocycles. The van der Waals surface area contributed by atoms with E-state index in [4.69, 9.17) is 4.74 Å². The van der Waals surface area contributed by atoms with Crippen molar-refractivity contribution in [3.63, 3.8) is 0 Å². The molecular weight excluding hydrogens is 530 g/mol. The van der Waals surface area contributed by atoms with E-state index in [0.29, 0.717) is 35.1 Å². The van der Waals surface area contributed by atoms with Crippen molar-refractivity contribution < 1.29 is 31.8 Å². The molecule has 0 spiro atoms. The molecule has 1 fully saturated rings. The first-order valence-electron chi connectivity index (χ1n) is 12.8. The van der Waals surface area contributed by atoms with E-state index < -0.39 is 45.6 Å². The zero-order chi connectivity index (χ0) is 28.8. The number of fused-ring (bicyclic) bond motifs is 1. The van der Waals surface area contributed by atoms with Gasteiger partial charge >= 0.3 is 5.69 Å². The van der Waals surface area contributed by atoms with Crippen molar-refractivity contribution in [2.45, 2.75) is 65.0 Å². The standard InChI is InChI=1S/C28H34F2N2O6S/c1-18(27(2,3)35)31-23-14-19(24(33)16-28(4)10-12-39(36,37)13-11-28)8-9-22(23)32(26(31)34)20-6-5-7-21(15-20)38-17-25(29)30/h5-9,14-15,18,25,35H,10-13,16-17H2,1-4H3. The van der Waals surface area contributed by atoms with Gasteiger partial charge in [-0.25, -0.2) is 22.0 Å². The van der Waals surface area contributed by atoms with Crippen molar-refractivity contribution >= 4 is 26.7 Å². The van der Waals surface area contributed by atoms with Gasteiger partial charge in [0.05, 0.1) is 39.9 Å². The summed E-state index contributed by atoms with van der Waals surface area (Å²) < 4.78 is 57.1. The summed E-state index contributed by atoms with van der Waals surface area (Å²) in [5.74, 6) is 0.123. The monoisotopic (exact) mass is 564 g/mol. The van der Waals surface area contributed by atoms with Crippen LogP contribution in [0, 0.1) is 5.41 Å². The molecule has 0 aliphatic carbocycles. The van der Waals surface area contributed by atoms with Crippen LogP contribution in [-0.2, 0) is 9.84 Å². The zero-order valence-corrected chi connectivity index (χ0v) is 23.3. The third-order valence-electron chi connectivity index (χ3n) is 7.68. The molecule has 1 aromatic heterocycles. The Morgan fingerprint density at radius 3 is 2.41 bits per heavy atom. The minimum absolute atomic E-state index is 0.0569. The van der Waals surface area contributed by atoms with E-state index in [0.717, 1.165) is 0 Å². The Morgan fingerprint density at radius 2 is 1.79 bits per heavy atom. The average Bonchev–Trinajstić information content (AvgIpc) is 3.14. The fraction of sp³-hybridized carbons (Fsp3) is 0.500. The summed E-state index contributed by atoms with van der Waals surface area (Å²) in [6, 6.07) is 10.5. The molecule has 2 heterocycles. The van der Waals surface area contributed by atoms with E-state index in [1.807, 2.05) is 6.92 Å². The molecule has 11 heteroatoms. The predicted molar refractivity (Wildman–Crippen MR) is 145 cm³/mol. The number of carbonyl (C=O) groups is 1. The van der Waals surface area contributed by atoms with E-state index in [9.17, 15) is 31.9 Å². The number of halogens is 2. The number of alkyl halides is 2. The number of carbonyl (C=O) groups excluding carboxylic acids is 1. The number of aromatic nitrogens is 2. The number of imidazole rings is 1. The van der Waals surface area contributed by atoms with Crippen molar-refractivity contribution in [2.75, 3.05) is 18.1 Å². The molecule has 0 radical (unpaired) electrons. The molecule has 1 N–H and O–H groups in total. The second kappa shape index (κ2) is 10.5. The highest BCUT2D eigenvalue weighted by Gasteiger charge is 2.35. The molecule has 3 aromatic rings. The van der Waals surface area contributed by atoms with E-state index in [-0.39, 0.29) is 29.5 Å². The second-order valence-electron chi connectivity index (χ2n) is 11.3. The van der Waals surface area contributed by atoms with Gasteiger partial charge in [0.15, 0.2) is 5.78 Å². The molecule has 1 atom stereocenters. The van der Waals surface area contributed by atoms with Crippen LogP contribution in [0.5, 0.6) is 5.75 Å². The Balaban J connectivity index is 1.79. The highest BCUT2D eigenvalue weighted by molar-refractivity contribution is 7.91. The van der Waals surface area contributed by atoms with Crippen LogP contribution in [0.2, 0.25) is 0 Å². The molecule has 0 bridgehead atoms. The van der Waals surface area contributed by atoms with Gasteiger partial charge in [0.2, 0.25) is 0 Å². The first-order valence-corrected chi connectivity index (χ1v) is 14.7. The number of aliphatic hydroxyl groups is 1. The van der Waals surface area contributed by atoms with Gasteiger partial charge in [-0.1, -0.05) is 13.0 Å². The quantitative estimate of drug-likeness (QED) is 0.382. The number of hydrogen-bond acceptors (Lipinski definition) is 6. The lowest BCUT2D eigenvalue weighted by Gasteiger charge is -2.32. The zero-order valence-electron chi connectivity index (χ0n) is 22.5. The Kier molecular flexibility index (Phi) is 7.79. The number of hydrogen-bond donors (Lipinski definition) is 1. The second-order valence-corrected chi connectivity index (χ2v) is 13.6. The first kappa shape index (κ1) is 28.9. The van der Waals surface area contributed by atoms with Crippen LogP contribution in [0.4, 0.5) is 8.78 Å². The number of rotatable bonds is 9. The van der Waals surface area contributed by atoms with Gasteiger partial charge < -0.3 is 9.84 Å². The minimum atomic E-state index is -3.07. The molecule has 39 heavy (non-hydrogen) atoms. The first-order chi connectivity index (χ1) is 18.1. The normalized spacial score (nSPS) is 17.8. The van der Waals surface area contributed by atoms with Gasteiger partial charge in [-0.05, 0) is 69.4 Å². The number of sulfone groups is 1. The number of Topliss-reactive ketones (excluding diaryl/α,β-unsaturated/α-hetero) is 1. The molecule has 8 nitrogen and oxygen atoms in total. The van der Waals surface area contributed by atoms with Crippen LogP contribution in [0.3, 0.4) is 0 Å². The Bertz CT molecular complexity index is 1540. The van der Waals surface area contributed by atoms with E-state index in [1.54, 1.807) is 51.1 Å². The topological polar surface area (TPSA) is 108 Å². The summed E-state index contributed by atoms with van der Waals surface area (Å²) in [7, 11) is -3.07. The summed E-state index contributed by atoms with van der Waals surface area (Å²) in [5, 5.41) is 10.8. The Morgan fingerprint density at radius 1 is 1.13 bits per heavy atom. The van der Waals surface area contributed by atoms with E-state index in [2.05, 4.69) is 0 Å². The summed E-state index contributed by atoms with van der Waals surface area (Å²) in [4.78, 5) is 27.1. The van der Waals surface area contributed by atoms with Gasteiger partial charge in [-0.3, -0.25) is 13.9 Å². The number of ketones is 1. The van der Waals surface area contributed by atoms with Crippen LogP contribution in [-0.4, -0.2) is 58.6 Å². The van der Waals surface area contributed by atoms with Crippen LogP contribution in [0.25, 0.3) is 16.7 Å². The largest absolute Gasteiger partial charge is 0.488 e. The predicted octanol–water partition coefficient (Wildman–Crippen LogP) is 4.56. The van der Waals surface area contributed by atoms with Crippen LogP contribution >= 0.6 is 0 Å². The molecule has 0 saturated carbocycles. The lowest BCUT2D eigenvalue weighted by atomic mass is 9.78. The maximum absolute atomic E-state index is 13.8. The molecular formula is C28H34F2N2O6S. The highest BCUT2D eigenvalue weighted by Crippen LogP contribution is 2.37. The molecule has 212 valence electrons. The third kappa shape index (κ3) is 6.24. The molecule has 2 aromatic carbocycles. The fourth-order valence-corrected chi connectivity index (χ4v) is 6.71. The number of benzene rings is 2. The summed E-state index contributed by atoms with van der Waals surface area (Å²) in [5.41, 5.74) is -0.550. The minimum Gasteiger partial charge on any atom is -0.488 e. The average molecular weight is 565 g/mol. The Labute approximate surface area is 226 Å². The molecule has 0 amide bonds. The lowest BCUT2D eigenvalue weighted by molar-refractivity contribution is 0.0307. The molecule has 1 unspecified atom stereocenters. The number of ether oxygens (including phenoxy) is 1. The van der Waals surface area contributed by atoms with Crippen molar-refractivity contribution in [1.29, 1.82) is 0 Å². The molecule has 1 saturated heterocycles. The van der Waals surface area contributed by atoms with Gasteiger partial charge in [0.1, 0.15) is 22.2 Å².